The van der Waals surface area contributed by atoms with Crippen molar-refractivity contribution < 1.29 is 13.3 Å². The summed E-state index contributed by atoms with van der Waals surface area (Å²) in [7, 11) is 0. The lowest BCUT2D eigenvalue weighted by Gasteiger charge is -2.26. The Morgan fingerprint density at radius 1 is 0.164 bits per heavy atom. The Kier molecular flexibility index (Phi) is 16.2. The molecule has 25 rings (SSSR count). The number of thiophene rings is 3. The highest BCUT2D eigenvalue weighted by Crippen LogP contribution is 2.51. The van der Waals surface area contributed by atoms with Crippen LogP contribution >= 0.6 is 34.0 Å². The van der Waals surface area contributed by atoms with Crippen LogP contribution in [0, 0.1) is 0 Å². The fraction of sp³-hybridized carbons (Fsp3) is 0. The number of anilines is 6. The lowest BCUT2D eigenvalue weighted by Crippen LogP contribution is -2.09. The Balaban J connectivity index is 0.556. The summed E-state index contributed by atoms with van der Waals surface area (Å²) in [5.74, 6) is 0. The average Bonchev–Trinajstić information content (AvgIpc) is 1.57. The summed E-state index contributed by atoms with van der Waals surface area (Å²) in [4.78, 5) is 4.75. The van der Waals surface area contributed by atoms with Gasteiger partial charge in [0.2, 0.25) is 0 Å². The number of hydrogen-bond acceptors (Lipinski definition) is 8. The first-order chi connectivity index (χ1) is 60.4. The predicted octanol–water partition coefficient (Wildman–Crippen LogP) is 34.8. The van der Waals surface area contributed by atoms with E-state index in [2.05, 4.69) is 416 Å². The van der Waals surface area contributed by atoms with Gasteiger partial charge in [-0.3, -0.25) is 0 Å². The second kappa shape index (κ2) is 28.3. The van der Waals surface area contributed by atoms with Crippen molar-refractivity contribution in [3.63, 3.8) is 0 Å². The molecular weight excluding hydrogens is 1540 g/mol. The van der Waals surface area contributed by atoms with Gasteiger partial charge in [-0.2, -0.15) is 0 Å². The number of nitrogens with zero attached hydrogens (tertiary/aromatic N) is 2. The first kappa shape index (κ1) is 69.9. The summed E-state index contributed by atoms with van der Waals surface area (Å²) in [5.41, 5.74) is 29.8. The van der Waals surface area contributed by atoms with Crippen LogP contribution in [0.4, 0.5) is 34.1 Å². The third-order valence-electron chi connectivity index (χ3n) is 24.8. The SMILES string of the molecule is c1ccc(-c2ccc3c(c2)oc2cc(-c4ccc(N(c5ccc(-c6cccc7sc8ccccc8c67)cc5)c5ccc(-c6ccc(-c7cccc8c7sc7cccc(-c9ccc(N(c%10ccc(-c%11ccc%12sc%13ccccc%13c%12c%11)cc%10)c%10ccc(-c%11cccc%12oc%13ccccc%13c%11%12)cc%10)cc9)c78)c7oc8ccccc8c67)cc5)cc4)ccc23)cc1. The number of para-hydroxylation sites is 2. The van der Waals surface area contributed by atoms with E-state index in [0.29, 0.717) is 0 Å². The van der Waals surface area contributed by atoms with E-state index in [4.69, 9.17) is 13.3 Å². The topological polar surface area (TPSA) is 45.9 Å². The van der Waals surface area contributed by atoms with Gasteiger partial charge in [-0.1, -0.05) is 255 Å². The van der Waals surface area contributed by atoms with Crippen molar-refractivity contribution >= 4 is 194 Å². The summed E-state index contributed by atoms with van der Waals surface area (Å²) in [5, 5.41) is 14.3. The van der Waals surface area contributed by atoms with E-state index in [0.717, 1.165) is 156 Å². The molecule has 0 aliphatic heterocycles. The van der Waals surface area contributed by atoms with E-state index < -0.39 is 0 Å². The van der Waals surface area contributed by atoms with Crippen molar-refractivity contribution in [3.05, 3.63) is 413 Å². The zero-order valence-electron chi connectivity index (χ0n) is 65.6. The van der Waals surface area contributed by atoms with Gasteiger partial charge in [-0.15, -0.1) is 34.0 Å². The number of benzene rings is 19. The average molecular weight is 1610 g/mol. The van der Waals surface area contributed by atoms with Crippen molar-refractivity contribution in [3.8, 4) is 89.0 Å². The second-order valence-electron chi connectivity index (χ2n) is 31.6. The van der Waals surface area contributed by atoms with Crippen LogP contribution < -0.4 is 9.80 Å². The lowest BCUT2D eigenvalue weighted by atomic mass is 9.93. The van der Waals surface area contributed by atoms with Crippen molar-refractivity contribution in [1.82, 2.24) is 0 Å². The number of hydrogen-bond donors (Lipinski definition) is 0. The van der Waals surface area contributed by atoms with Crippen molar-refractivity contribution in [2.45, 2.75) is 0 Å². The minimum Gasteiger partial charge on any atom is -0.456 e. The standard InChI is InChI=1S/C114H68N2O3S3/c1-2-16-69(17-3-1)77-46-61-89-90-62-47-78(68-103(90)118-102(89)67-77)71-36-51-80(52-37-71)116(82-55-40-73(41-56-82)86-23-14-32-107-110(86)96-21-7-11-31-105(96)121-107)84-59-44-75(45-60-84)88-63-64-92(113-112(88)95-20-5-9-28-100(95)119-113)93-25-12-26-97-111-87(24-15-33-108(111)122-114(93)97)74-42-57-83(58-43-74)115(79-49-34-70(35-50-79)76-48-65-106-98(66-76)91-18-6-10-30-104(91)120-106)81-53-38-72(39-54-81)85-22-13-29-101-109(85)94-19-4-8-27-99(94)117-101/h1-68H. The molecule has 0 radical (unpaired) electrons. The van der Waals surface area contributed by atoms with Gasteiger partial charge in [0, 0.05) is 138 Å². The quantitative estimate of drug-likeness (QED) is 0.109. The monoisotopic (exact) mass is 1610 g/mol. The molecule has 0 aliphatic carbocycles. The Morgan fingerprint density at radius 2 is 0.516 bits per heavy atom. The van der Waals surface area contributed by atoms with Crippen LogP contribution in [0.3, 0.4) is 0 Å². The third kappa shape index (κ3) is 11.6. The normalized spacial score (nSPS) is 11.9. The van der Waals surface area contributed by atoms with E-state index in [1.165, 1.54) is 93.9 Å². The highest BCUT2D eigenvalue weighted by atomic mass is 32.1. The van der Waals surface area contributed by atoms with Crippen LogP contribution in [0.15, 0.2) is 426 Å². The van der Waals surface area contributed by atoms with Crippen LogP contribution in [0.25, 0.3) is 215 Å². The molecule has 0 aliphatic rings. The van der Waals surface area contributed by atoms with Crippen molar-refractivity contribution in [2.75, 3.05) is 9.80 Å². The van der Waals surface area contributed by atoms with Gasteiger partial charge in [0.1, 0.15) is 33.5 Å². The Morgan fingerprint density at radius 3 is 1.09 bits per heavy atom. The zero-order valence-corrected chi connectivity index (χ0v) is 68.1. The molecule has 0 saturated carbocycles. The van der Waals surface area contributed by atoms with E-state index in [9.17, 15) is 0 Å². The van der Waals surface area contributed by atoms with Gasteiger partial charge in [0.25, 0.3) is 0 Å². The molecule has 0 amide bonds. The number of rotatable bonds is 14. The van der Waals surface area contributed by atoms with Crippen LogP contribution in [0.5, 0.6) is 0 Å². The lowest BCUT2D eigenvalue weighted by molar-refractivity contribution is 0.668. The molecule has 0 saturated heterocycles. The van der Waals surface area contributed by atoms with Gasteiger partial charge in [0.15, 0.2) is 0 Å². The van der Waals surface area contributed by atoms with E-state index in [-0.39, 0.29) is 0 Å². The zero-order chi connectivity index (χ0) is 80.0. The molecule has 19 aromatic carbocycles. The molecule has 0 atom stereocenters. The molecule has 25 aromatic rings. The maximum Gasteiger partial charge on any atom is 0.143 e. The van der Waals surface area contributed by atoms with Gasteiger partial charge in [-0.25, -0.2) is 0 Å². The van der Waals surface area contributed by atoms with Gasteiger partial charge < -0.3 is 23.1 Å². The van der Waals surface area contributed by atoms with E-state index >= 15 is 0 Å². The molecule has 0 bridgehead atoms. The number of fused-ring (bicyclic) bond motifs is 18. The summed E-state index contributed by atoms with van der Waals surface area (Å²) in [6, 6.07) is 151. The Hall–Kier alpha value is -15.2. The fourth-order valence-electron chi connectivity index (χ4n) is 18.9. The van der Waals surface area contributed by atoms with Crippen LogP contribution in [-0.4, -0.2) is 0 Å². The molecule has 0 unspecified atom stereocenters. The molecule has 122 heavy (non-hydrogen) atoms. The predicted molar refractivity (Wildman–Crippen MR) is 520 cm³/mol. The maximum absolute atomic E-state index is 7.15. The highest BCUT2D eigenvalue weighted by molar-refractivity contribution is 7.27. The molecule has 0 fully saturated rings. The molecule has 8 heteroatoms. The van der Waals surface area contributed by atoms with Crippen molar-refractivity contribution in [2.24, 2.45) is 0 Å². The largest absolute Gasteiger partial charge is 0.456 e. The summed E-state index contributed by atoms with van der Waals surface area (Å²) in [6.45, 7) is 0. The van der Waals surface area contributed by atoms with E-state index in [1.54, 1.807) is 0 Å². The fourth-order valence-corrected chi connectivity index (χ4v) is 22.4. The first-order valence-electron chi connectivity index (χ1n) is 41.3. The highest BCUT2D eigenvalue weighted by Gasteiger charge is 2.25. The summed E-state index contributed by atoms with van der Waals surface area (Å²) >= 11 is 5.56. The summed E-state index contributed by atoms with van der Waals surface area (Å²) < 4.78 is 27.8. The van der Waals surface area contributed by atoms with Crippen LogP contribution in [0.1, 0.15) is 0 Å². The molecule has 5 nitrogen and oxygen atoms in total. The van der Waals surface area contributed by atoms with Crippen LogP contribution in [-0.2, 0) is 0 Å². The molecular formula is C114H68N2O3S3. The molecule has 0 N–H and O–H groups in total. The first-order valence-corrected chi connectivity index (χ1v) is 43.7. The Labute approximate surface area is 713 Å². The van der Waals surface area contributed by atoms with Gasteiger partial charge in [0.05, 0.1) is 0 Å². The second-order valence-corrected chi connectivity index (χ2v) is 34.9. The third-order valence-corrected chi connectivity index (χ3v) is 28.3. The smallest absolute Gasteiger partial charge is 0.143 e. The minimum atomic E-state index is 0.851. The molecule has 6 heterocycles. The Bertz CT molecular complexity index is 8480. The summed E-state index contributed by atoms with van der Waals surface area (Å²) in [6.07, 6.45) is 0. The van der Waals surface area contributed by atoms with Crippen molar-refractivity contribution in [1.29, 1.82) is 0 Å². The van der Waals surface area contributed by atoms with Gasteiger partial charge >= 0.3 is 0 Å². The number of furan rings is 3. The molecule has 6 aromatic heterocycles. The van der Waals surface area contributed by atoms with Gasteiger partial charge in [-0.05, 0) is 236 Å². The molecule has 0 spiro atoms. The molecule has 570 valence electrons. The van der Waals surface area contributed by atoms with Crippen LogP contribution in [0.2, 0.25) is 0 Å². The minimum absolute atomic E-state index is 0.851. The van der Waals surface area contributed by atoms with E-state index in [1.807, 2.05) is 40.1 Å². The maximum atomic E-state index is 7.15.